The van der Waals surface area contributed by atoms with Gasteiger partial charge in [-0.3, -0.25) is 4.79 Å². The molecular weight excluding hydrogens is 410 g/mol. The number of rotatable bonds is 5. The fourth-order valence-electron chi connectivity index (χ4n) is 2.44. The van der Waals surface area contributed by atoms with E-state index in [0.29, 0.717) is 43.7 Å². The molecule has 0 aliphatic carbocycles. The summed E-state index contributed by atoms with van der Waals surface area (Å²) in [6.45, 7) is 1.78. The Morgan fingerprint density at radius 3 is 2.52 bits per heavy atom. The summed E-state index contributed by atoms with van der Waals surface area (Å²) in [6.07, 6.45) is 4.80. The summed E-state index contributed by atoms with van der Waals surface area (Å²) in [5, 5.41) is 4.04. The number of ether oxygens (including phenoxy) is 1. The second-order valence-electron chi connectivity index (χ2n) is 5.90. The van der Waals surface area contributed by atoms with Gasteiger partial charge in [-0.05, 0) is 43.3 Å². The number of carbonyl (C=O) groups is 1. The van der Waals surface area contributed by atoms with Gasteiger partial charge in [-0.15, -0.1) is 11.3 Å². The standard InChI is InChI=1S/C20H14ClN5O2S/c1-12-17(29-20(25-12)18-22-9-2-10-23-18)19(27)26-14-5-8-16(24-11-14)28-15-6-3-13(21)4-7-15/h2-11H,1H3,(H,26,27). The highest BCUT2D eigenvalue weighted by Gasteiger charge is 2.17. The highest BCUT2D eigenvalue weighted by atomic mass is 35.5. The number of anilines is 1. The van der Waals surface area contributed by atoms with Gasteiger partial charge in [0.1, 0.15) is 10.6 Å². The lowest BCUT2D eigenvalue weighted by Crippen LogP contribution is -2.11. The number of thiazole rings is 1. The molecule has 0 radical (unpaired) electrons. The third-order valence-electron chi connectivity index (χ3n) is 3.79. The van der Waals surface area contributed by atoms with E-state index in [1.165, 1.54) is 17.5 Å². The number of carbonyl (C=O) groups excluding carboxylic acids is 1. The van der Waals surface area contributed by atoms with Gasteiger partial charge in [-0.1, -0.05) is 11.6 Å². The molecule has 0 aliphatic heterocycles. The molecule has 0 saturated heterocycles. The lowest BCUT2D eigenvalue weighted by atomic mass is 10.3. The molecule has 144 valence electrons. The molecule has 1 aromatic carbocycles. The van der Waals surface area contributed by atoms with Crippen LogP contribution in [0.25, 0.3) is 10.8 Å². The molecule has 3 aromatic heterocycles. The molecule has 7 nitrogen and oxygen atoms in total. The van der Waals surface area contributed by atoms with E-state index in [1.54, 1.807) is 61.8 Å². The van der Waals surface area contributed by atoms with Crippen molar-refractivity contribution in [2.75, 3.05) is 5.32 Å². The van der Waals surface area contributed by atoms with E-state index in [-0.39, 0.29) is 5.91 Å². The van der Waals surface area contributed by atoms with Gasteiger partial charge in [0, 0.05) is 23.5 Å². The van der Waals surface area contributed by atoms with Crippen molar-refractivity contribution in [2.45, 2.75) is 6.92 Å². The summed E-state index contributed by atoms with van der Waals surface area (Å²) < 4.78 is 5.65. The first-order chi connectivity index (χ1) is 14.1. The molecule has 0 aliphatic rings. The monoisotopic (exact) mass is 423 g/mol. The second-order valence-corrected chi connectivity index (χ2v) is 7.34. The average Bonchev–Trinajstić information content (AvgIpc) is 3.14. The zero-order valence-electron chi connectivity index (χ0n) is 15.2. The van der Waals surface area contributed by atoms with Crippen LogP contribution in [0.2, 0.25) is 5.02 Å². The third-order valence-corrected chi connectivity index (χ3v) is 5.19. The van der Waals surface area contributed by atoms with Crippen molar-refractivity contribution in [3.63, 3.8) is 0 Å². The minimum atomic E-state index is -0.268. The fourth-order valence-corrected chi connectivity index (χ4v) is 3.47. The fraction of sp³-hybridized carbons (Fsp3) is 0.0500. The molecule has 0 spiro atoms. The Hall–Kier alpha value is -3.36. The largest absolute Gasteiger partial charge is 0.439 e. The topological polar surface area (TPSA) is 89.9 Å². The Morgan fingerprint density at radius 2 is 1.83 bits per heavy atom. The van der Waals surface area contributed by atoms with E-state index in [0.717, 1.165) is 0 Å². The number of hydrogen-bond acceptors (Lipinski definition) is 7. The molecule has 0 fully saturated rings. The molecule has 4 rings (SSSR count). The van der Waals surface area contributed by atoms with E-state index in [1.807, 2.05) is 0 Å². The first-order valence-electron chi connectivity index (χ1n) is 8.54. The van der Waals surface area contributed by atoms with Crippen LogP contribution in [0.4, 0.5) is 5.69 Å². The lowest BCUT2D eigenvalue weighted by Gasteiger charge is -2.07. The van der Waals surface area contributed by atoms with Crippen molar-refractivity contribution in [3.05, 3.63) is 76.6 Å². The summed E-state index contributed by atoms with van der Waals surface area (Å²) in [4.78, 5) is 30.1. The molecule has 0 atom stereocenters. The van der Waals surface area contributed by atoms with Crippen LogP contribution >= 0.6 is 22.9 Å². The van der Waals surface area contributed by atoms with Crippen LogP contribution < -0.4 is 10.1 Å². The maximum Gasteiger partial charge on any atom is 0.267 e. The molecular formula is C20H14ClN5O2S. The van der Waals surface area contributed by atoms with Gasteiger partial charge in [0.2, 0.25) is 5.88 Å². The van der Waals surface area contributed by atoms with Gasteiger partial charge < -0.3 is 10.1 Å². The van der Waals surface area contributed by atoms with Crippen LogP contribution in [0.15, 0.2) is 61.1 Å². The van der Waals surface area contributed by atoms with Crippen LogP contribution in [0, 0.1) is 6.92 Å². The molecule has 29 heavy (non-hydrogen) atoms. The number of aryl methyl sites for hydroxylation is 1. The van der Waals surface area contributed by atoms with Crippen molar-refractivity contribution in [1.29, 1.82) is 0 Å². The summed E-state index contributed by atoms with van der Waals surface area (Å²) in [7, 11) is 0. The molecule has 3 heterocycles. The lowest BCUT2D eigenvalue weighted by molar-refractivity contribution is 0.102. The van der Waals surface area contributed by atoms with Crippen molar-refractivity contribution in [2.24, 2.45) is 0 Å². The zero-order valence-corrected chi connectivity index (χ0v) is 16.7. The van der Waals surface area contributed by atoms with Crippen molar-refractivity contribution in [1.82, 2.24) is 19.9 Å². The predicted molar refractivity (Wildman–Crippen MR) is 112 cm³/mol. The molecule has 9 heteroatoms. The molecule has 0 unspecified atom stereocenters. The SMILES string of the molecule is Cc1nc(-c2ncccn2)sc1C(=O)Nc1ccc(Oc2ccc(Cl)cc2)nc1. The second kappa shape index (κ2) is 8.34. The van der Waals surface area contributed by atoms with E-state index in [4.69, 9.17) is 16.3 Å². The highest BCUT2D eigenvalue weighted by Crippen LogP contribution is 2.26. The van der Waals surface area contributed by atoms with Crippen molar-refractivity contribution < 1.29 is 9.53 Å². The molecule has 4 aromatic rings. The number of nitrogens with one attached hydrogen (secondary N) is 1. The Kier molecular flexibility index (Phi) is 5.46. The van der Waals surface area contributed by atoms with Crippen LogP contribution in [0.1, 0.15) is 15.4 Å². The number of nitrogens with zero attached hydrogens (tertiary/aromatic N) is 4. The van der Waals surface area contributed by atoms with Gasteiger partial charge in [0.25, 0.3) is 5.91 Å². The summed E-state index contributed by atoms with van der Waals surface area (Å²) >= 11 is 7.10. The first kappa shape index (κ1) is 19.0. The minimum absolute atomic E-state index is 0.268. The first-order valence-corrected chi connectivity index (χ1v) is 9.73. The van der Waals surface area contributed by atoms with Gasteiger partial charge >= 0.3 is 0 Å². The summed E-state index contributed by atoms with van der Waals surface area (Å²) in [5.41, 5.74) is 1.16. The third kappa shape index (κ3) is 4.56. The van der Waals surface area contributed by atoms with Gasteiger partial charge in [0.15, 0.2) is 10.8 Å². The van der Waals surface area contributed by atoms with E-state index in [9.17, 15) is 4.79 Å². The quantitative estimate of drug-likeness (QED) is 0.485. The molecule has 0 bridgehead atoms. The number of hydrogen-bond donors (Lipinski definition) is 1. The summed E-state index contributed by atoms with van der Waals surface area (Å²) in [5.74, 6) is 1.25. The maximum atomic E-state index is 12.6. The van der Waals surface area contributed by atoms with Crippen LogP contribution in [-0.4, -0.2) is 25.8 Å². The van der Waals surface area contributed by atoms with Crippen molar-refractivity contribution >= 4 is 34.5 Å². The maximum absolute atomic E-state index is 12.6. The van der Waals surface area contributed by atoms with E-state index < -0.39 is 0 Å². The van der Waals surface area contributed by atoms with E-state index in [2.05, 4.69) is 25.3 Å². The smallest absolute Gasteiger partial charge is 0.267 e. The number of pyridine rings is 1. The van der Waals surface area contributed by atoms with Crippen LogP contribution in [0.3, 0.4) is 0 Å². The molecule has 1 N–H and O–H groups in total. The van der Waals surface area contributed by atoms with Crippen LogP contribution in [0.5, 0.6) is 11.6 Å². The Bertz CT molecular complexity index is 1130. The zero-order chi connectivity index (χ0) is 20.2. The number of aromatic nitrogens is 4. The normalized spacial score (nSPS) is 10.6. The number of amides is 1. The predicted octanol–water partition coefficient (Wildman–Crippen LogP) is 5.00. The van der Waals surface area contributed by atoms with Crippen LogP contribution in [-0.2, 0) is 0 Å². The molecule has 0 saturated carbocycles. The van der Waals surface area contributed by atoms with Gasteiger partial charge in [-0.2, -0.15) is 0 Å². The Balaban J connectivity index is 1.45. The van der Waals surface area contributed by atoms with Gasteiger partial charge in [-0.25, -0.2) is 19.9 Å². The van der Waals surface area contributed by atoms with E-state index >= 15 is 0 Å². The average molecular weight is 424 g/mol. The Morgan fingerprint density at radius 1 is 1.07 bits per heavy atom. The number of benzene rings is 1. The number of halogens is 1. The highest BCUT2D eigenvalue weighted by molar-refractivity contribution is 7.17. The molecule has 1 amide bonds. The van der Waals surface area contributed by atoms with Gasteiger partial charge in [0.05, 0.1) is 17.6 Å². The minimum Gasteiger partial charge on any atom is -0.439 e. The summed E-state index contributed by atoms with van der Waals surface area (Å²) in [6, 6.07) is 12.1. The Labute approximate surface area is 175 Å². The van der Waals surface area contributed by atoms with Crippen molar-refractivity contribution in [3.8, 4) is 22.5 Å².